The molecule has 2 aliphatic heterocycles. The Labute approximate surface area is 216 Å². The van der Waals surface area contributed by atoms with Gasteiger partial charge in [-0.1, -0.05) is 6.07 Å². The summed E-state index contributed by atoms with van der Waals surface area (Å²) in [5.74, 6) is -5.58. The average molecular weight is 571 g/mol. The van der Waals surface area contributed by atoms with Crippen molar-refractivity contribution in [2.24, 2.45) is 0 Å². The molecule has 16 heteroatoms. The maximum absolute atomic E-state index is 12.5. The molecule has 2 saturated heterocycles. The Kier molecular flexibility index (Phi) is 11.0. The van der Waals surface area contributed by atoms with E-state index >= 15 is 0 Å². The molecule has 0 bridgehead atoms. The van der Waals surface area contributed by atoms with Gasteiger partial charge in [-0.15, -0.1) is 11.3 Å². The topological polar surface area (TPSA) is 129 Å². The Morgan fingerprint density at radius 1 is 1.08 bits per heavy atom. The SMILES string of the molecule is O=C(N[C@H]1CN(Cc2cccs2)[C@H]2CCCO[C@@H]12)c1cccnc1.O=C(O)C(F)(F)F.O=C(O)C(F)(F)F. The smallest absolute Gasteiger partial charge is 0.475 e. The van der Waals surface area contributed by atoms with Crippen LogP contribution in [0.2, 0.25) is 0 Å². The van der Waals surface area contributed by atoms with Crippen LogP contribution >= 0.6 is 11.3 Å². The molecule has 4 heterocycles. The number of likely N-dealkylation sites (tertiary alicyclic amines) is 1. The summed E-state index contributed by atoms with van der Waals surface area (Å²) in [5, 5.41) is 19.5. The number of fused-ring (bicyclic) bond motifs is 1. The molecule has 3 N–H and O–H groups in total. The minimum absolute atomic E-state index is 0.0305. The number of nitrogens with zero attached hydrogens (tertiary/aromatic N) is 2. The first-order valence-electron chi connectivity index (χ1n) is 10.9. The van der Waals surface area contributed by atoms with E-state index in [9.17, 15) is 31.1 Å². The van der Waals surface area contributed by atoms with Gasteiger partial charge in [0.05, 0.1) is 17.7 Å². The zero-order valence-electron chi connectivity index (χ0n) is 19.4. The number of carbonyl (C=O) groups is 3. The summed E-state index contributed by atoms with van der Waals surface area (Å²) in [4.78, 5) is 38.1. The van der Waals surface area contributed by atoms with E-state index in [2.05, 4.69) is 32.7 Å². The fourth-order valence-electron chi connectivity index (χ4n) is 3.71. The van der Waals surface area contributed by atoms with Crippen molar-refractivity contribution in [3.05, 3.63) is 52.5 Å². The molecular formula is C22H23F6N3O6S. The summed E-state index contributed by atoms with van der Waals surface area (Å²) in [6.45, 7) is 2.55. The van der Waals surface area contributed by atoms with Crippen LogP contribution in [0.1, 0.15) is 28.1 Å². The molecule has 38 heavy (non-hydrogen) atoms. The van der Waals surface area contributed by atoms with Gasteiger partial charge in [-0.05, 0) is 36.4 Å². The van der Waals surface area contributed by atoms with E-state index < -0.39 is 24.3 Å². The number of rotatable bonds is 4. The normalized spacial score (nSPS) is 21.2. The second kappa shape index (κ2) is 13.5. The lowest BCUT2D eigenvalue weighted by atomic mass is 10.0. The molecule has 0 radical (unpaired) electrons. The highest BCUT2D eigenvalue weighted by Crippen LogP contribution is 2.31. The van der Waals surface area contributed by atoms with Gasteiger partial charge in [0.25, 0.3) is 5.91 Å². The first kappa shape index (κ1) is 31.0. The van der Waals surface area contributed by atoms with Crippen molar-refractivity contribution < 1.29 is 55.7 Å². The molecule has 0 unspecified atom stereocenters. The Hall–Kier alpha value is -3.24. The van der Waals surface area contributed by atoms with Crippen LogP contribution in [-0.2, 0) is 20.9 Å². The summed E-state index contributed by atoms with van der Waals surface area (Å²) in [7, 11) is 0. The van der Waals surface area contributed by atoms with Gasteiger partial charge in [-0.3, -0.25) is 14.7 Å². The fraction of sp³-hybridized carbons (Fsp3) is 0.455. The van der Waals surface area contributed by atoms with Gasteiger partial charge in [0.1, 0.15) is 0 Å². The number of carboxylic acids is 2. The van der Waals surface area contributed by atoms with Crippen LogP contribution in [0.15, 0.2) is 42.0 Å². The van der Waals surface area contributed by atoms with Crippen LogP contribution in [0.25, 0.3) is 0 Å². The second-order valence-corrected chi connectivity index (χ2v) is 9.01. The number of aliphatic carboxylic acids is 2. The quantitative estimate of drug-likeness (QED) is 0.476. The largest absolute Gasteiger partial charge is 0.490 e. The minimum atomic E-state index is -5.08. The number of carbonyl (C=O) groups excluding carboxylic acids is 1. The first-order valence-corrected chi connectivity index (χ1v) is 11.8. The predicted molar refractivity (Wildman–Crippen MR) is 120 cm³/mol. The Morgan fingerprint density at radius 2 is 1.71 bits per heavy atom. The van der Waals surface area contributed by atoms with Crippen molar-refractivity contribution in [3.8, 4) is 0 Å². The van der Waals surface area contributed by atoms with E-state index in [1.807, 2.05) is 0 Å². The number of thiophene rings is 1. The molecule has 0 aliphatic carbocycles. The van der Waals surface area contributed by atoms with Gasteiger partial charge in [0.15, 0.2) is 0 Å². The lowest BCUT2D eigenvalue weighted by molar-refractivity contribution is -0.193. The molecule has 0 aromatic carbocycles. The number of pyridine rings is 1. The van der Waals surface area contributed by atoms with Crippen molar-refractivity contribution in [2.75, 3.05) is 13.2 Å². The number of alkyl halides is 6. The average Bonchev–Trinajstić information content (AvgIpc) is 3.48. The van der Waals surface area contributed by atoms with Crippen molar-refractivity contribution >= 4 is 29.2 Å². The lowest BCUT2D eigenvalue weighted by Gasteiger charge is -2.32. The number of nitrogens with one attached hydrogen (secondary N) is 1. The van der Waals surface area contributed by atoms with E-state index in [1.165, 1.54) is 4.88 Å². The third kappa shape index (κ3) is 9.57. The molecule has 0 saturated carbocycles. The van der Waals surface area contributed by atoms with Crippen LogP contribution < -0.4 is 5.32 Å². The van der Waals surface area contributed by atoms with Crippen LogP contribution in [-0.4, -0.2) is 81.6 Å². The Balaban J connectivity index is 0.000000301. The molecule has 9 nitrogen and oxygen atoms in total. The first-order chi connectivity index (χ1) is 17.7. The van der Waals surface area contributed by atoms with Crippen LogP contribution in [0.4, 0.5) is 26.3 Å². The second-order valence-electron chi connectivity index (χ2n) is 7.98. The molecule has 2 aromatic heterocycles. The highest BCUT2D eigenvalue weighted by atomic mass is 32.1. The molecule has 2 fully saturated rings. The number of hydrogen-bond acceptors (Lipinski definition) is 7. The summed E-state index contributed by atoms with van der Waals surface area (Å²) in [6, 6.07) is 8.26. The predicted octanol–water partition coefficient (Wildman–Crippen LogP) is 3.57. The minimum Gasteiger partial charge on any atom is -0.475 e. The Morgan fingerprint density at radius 3 is 2.21 bits per heavy atom. The summed E-state index contributed by atoms with van der Waals surface area (Å²) < 4.78 is 69.5. The number of hydrogen-bond donors (Lipinski definition) is 3. The monoisotopic (exact) mass is 571 g/mol. The van der Waals surface area contributed by atoms with Gasteiger partial charge >= 0.3 is 24.3 Å². The molecule has 210 valence electrons. The maximum Gasteiger partial charge on any atom is 0.490 e. The van der Waals surface area contributed by atoms with Gasteiger partial charge in [0.2, 0.25) is 0 Å². The van der Waals surface area contributed by atoms with E-state index in [-0.39, 0.29) is 18.1 Å². The van der Waals surface area contributed by atoms with Crippen LogP contribution in [0.3, 0.4) is 0 Å². The number of amides is 1. The van der Waals surface area contributed by atoms with Crippen molar-refractivity contribution in [1.29, 1.82) is 0 Å². The highest BCUT2D eigenvalue weighted by molar-refractivity contribution is 7.09. The number of carboxylic acid groups (broad SMARTS) is 2. The zero-order valence-corrected chi connectivity index (χ0v) is 20.2. The summed E-state index contributed by atoms with van der Waals surface area (Å²) >= 11 is 1.78. The van der Waals surface area contributed by atoms with Crippen LogP contribution in [0.5, 0.6) is 0 Å². The van der Waals surface area contributed by atoms with Crippen molar-refractivity contribution in [1.82, 2.24) is 15.2 Å². The molecule has 1 amide bonds. The van der Waals surface area contributed by atoms with Gasteiger partial charge < -0.3 is 20.3 Å². The van der Waals surface area contributed by atoms with Gasteiger partial charge in [-0.2, -0.15) is 26.3 Å². The van der Waals surface area contributed by atoms with Crippen molar-refractivity contribution in [3.63, 3.8) is 0 Å². The third-order valence-electron chi connectivity index (χ3n) is 5.29. The highest BCUT2D eigenvalue weighted by Gasteiger charge is 2.44. The number of ether oxygens (including phenoxy) is 1. The molecule has 0 spiro atoms. The van der Waals surface area contributed by atoms with E-state index in [1.54, 1.807) is 35.9 Å². The van der Waals surface area contributed by atoms with Gasteiger partial charge in [-0.25, -0.2) is 9.59 Å². The van der Waals surface area contributed by atoms with Crippen LogP contribution in [0, 0.1) is 0 Å². The molecule has 2 aliphatic rings. The zero-order chi connectivity index (χ0) is 28.5. The Bertz CT molecular complexity index is 1030. The third-order valence-corrected chi connectivity index (χ3v) is 6.16. The summed E-state index contributed by atoms with van der Waals surface area (Å²) in [5.41, 5.74) is 0.599. The standard InChI is InChI=1S/C18H21N3O2S.2C2HF3O2/c22-18(13-4-1-7-19-10-13)20-15-12-21(11-14-5-3-9-24-14)16-6-2-8-23-17(15)16;2*3-2(4,5)1(6)7/h1,3-5,7,9-10,15-17H,2,6,8,11-12H2,(H,20,22);2*(H,6,7)/t15-,16-,17-;;/m0../s1. The molecular weight excluding hydrogens is 548 g/mol. The van der Waals surface area contributed by atoms with E-state index in [0.29, 0.717) is 11.6 Å². The fourth-order valence-corrected chi connectivity index (χ4v) is 4.44. The molecule has 2 aromatic rings. The number of halogens is 6. The molecule has 3 atom stereocenters. The lowest BCUT2D eigenvalue weighted by Crippen LogP contribution is -2.47. The molecule has 4 rings (SSSR count). The van der Waals surface area contributed by atoms with E-state index in [4.69, 9.17) is 24.5 Å². The van der Waals surface area contributed by atoms with Gasteiger partial charge in [0, 0.05) is 43.0 Å². The number of aromatic nitrogens is 1. The maximum atomic E-state index is 12.5. The summed E-state index contributed by atoms with van der Waals surface area (Å²) in [6.07, 6.45) is -4.58. The van der Waals surface area contributed by atoms with E-state index in [0.717, 1.165) is 32.5 Å². The van der Waals surface area contributed by atoms with Crippen molar-refractivity contribution in [2.45, 2.75) is 49.9 Å².